The van der Waals surface area contributed by atoms with Crippen molar-refractivity contribution in [3.8, 4) is 0 Å². The summed E-state index contributed by atoms with van der Waals surface area (Å²) in [4.78, 5) is 72.6. The van der Waals surface area contributed by atoms with Crippen LogP contribution in [0.25, 0.3) is 10.9 Å². The number of thiazole rings is 1. The zero-order valence-electron chi connectivity index (χ0n) is 22.4. The molecular formula is C26H28N10O5S. The molecule has 4 aromatic rings. The molecule has 218 valence electrons. The molecule has 16 heteroatoms. The second kappa shape index (κ2) is 11.4. The van der Waals surface area contributed by atoms with Crippen molar-refractivity contribution in [1.29, 1.82) is 0 Å². The van der Waals surface area contributed by atoms with Crippen molar-refractivity contribution in [1.82, 2.24) is 35.2 Å². The van der Waals surface area contributed by atoms with Crippen molar-refractivity contribution < 1.29 is 24.0 Å². The van der Waals surface area contributed by atoms with Gasteiger partial charge in [-0.2, -0.15) is 0 Å². The highest BCUT2D eigenvalue weighted by atomic mass is 32.1. The van der Waals surface area contributed by atoms with Crippen molar-refractivity contribution in [3.05, 3.63) is 63.5 Å². The first-order chi connectivity index (χ1) is 20.0. The number of primary amides is 3. The highest BCUT2D eigenvalue weighted by molar-refractivity contribution is 7.09. The molecule has 5 amide bonds. The fourth-order valence-electron chi connectivity index (χ4n) is 5.23. The largest absolute Gasteiger partial charge is 0.368 e. The zero-order chi connectivity index (χ0) is 30.1. The van der Waals surface area contributed by atoms with E-state index in [2.05, 4.69) is 25.6 Å². The molecule has 0 bridgehead atoms. The Morgan fingerprint density at radius 2 is 1.90 bits per heavy atom. The second-order valence-corrected chi connectivity index (χ2v) is 11.0. The topological polar surface area (TPSA) is 238 Å². The number of benzene rings is 1. The molecular weight excluding hydrogens is 564 g/mol. The van der Waals surface area contributed by atoms with Crippen LogP contribution >= 0.6 is 11.3 Å². The van der Waals surface area contributed by atoms with Crippen LogP contribution in [0.15, 0.2) is 35.8 Å². The Labute approximate surface area is 242 Å². The molecule has 5 rings (SSSR count). The SMILES string of the molecule is Cc1nc(C(=O)N2CC[C@H](n3nnc(C(N)=O)c3C(N)=O)C[C@H]2C(=O)N[C@H](Cc2c[nH]c3ccccc23)C(N)=O)cs1. The molecule has 1 saturated heterocycles. The first-order valence-corrected chi connectivity index (χ1v) is 13.9. The lowest BCUT2D eigenvalue weighted by Gasteiger charge is -2.38. The number of amides is 5. The minimum Gasteiger partial charge on any atom is -0.368 e. The van der Waals surface area contributed by atoms with Gasteiger partial charge in [-0.1, -0.05) is 23.4 Å². The zero-order valence-corrected chi connectivity index (χ0v) is 23.3. The summed E-state index contributed by atoms with van der Waals surface area (Å²) in [6, 6.07) is 4.63. The van der Waals surface area contributed by atoms with Crippen molar-refractivity contribution in [2.24, 2.45) is 17.2 Å². The summed E-state index contributed by atoms with van der Waals surface area (Å²) in [5.74, 6) is -3.83. The molecule has 0 unspecified atom stereocenters. The Hall–Kier alpha value is -5.12. The highest BCUT2D eigenvalue weighted by Crippen LogP contribution is 2.30. The number of carbonyl (C=O) groups excluding carboxylic acids is 5. The summed E-state index contributed by atoms with van der Waals surface area (Å²) in [6.45, 7) is 1.82. The van der Waals surface area contributed by atoms with E-state index in [-0.39, 0.29) is 37.2 Å². The Morgan fingerprint density at radius 3 is 2.57 bits per heavy atom. The van der Waals surface area contributed by atoms with Crippen LogP contribution in [-0.2, 0) is 16.0 Å². The van der Waals surface area contributed by atoms with E-state index >= 15 is 0 Å². The normalized spacial score (nSPS) is 17.6. The number of aromatic amines is 1. The number of likely N-dealkylation sites (tertiary alicyclic amines) is 1. The summed E-state index contributed by atoms with van der Waals surface area (Å²) in [7, 11) is 0. The third-order valence-electron chi connectivity index (χ3n) is 7.24. The first kappa shape index (κ1) is 28.4. The summed E-state index contributed by atoms with van der Waals surface area (Å²) in [5.41, 5.74) is 17.7. The number of hydrogen-bond donors (Lipinski definition) is 5. The van der Waals surface area contributed by atoms with Crippen LogP contribution in [0.5, 0.6) is 0 Å². The lowest BCUT2D eigenvalue weighted by Crippen LogP contribution is -2.57. The molecule has 0 radical (unpaired) electrons. The van der Waals surface area contributed by atoms with Gasteiger partial charge in [0, 0.05) is 35.4 Å². The molecule has 1 aromatic carbocycles. The molecule has 3 atom stereocenters. The molecule has 15 nitrogen and oxygen atoms in total. The number of aromatic nitrogens is 5. The standard InChI is InChI=1S/C26H28N10O5S/c1-12-31-18(11-42-12)26(41)35-7-6-14(36-21(24(29)39)20(23(28)38)33-34-36)9-19(35)25(40)32-17(22(27)37)8-13-10-30-16-5-3-2-4-15(13)16/h2-5,10-11,14,17,19,30H,6-9H2,1H3,(H2,27,37)(H2,28,38)(H2,29,39)(H,32,40)/t14-,17+,19-/m0/s1. The second-order valence-electron chi connectivity index (χ2n) is 9.93. The van der Waals surface area contributed by atoms with Gasteiger partial charge in [-0.15, -0.1) is 16.4 Å². The minimum atomic E-state index is -1.12. The summed E-state index contributed by atoms with van der Waals surface area (Å²) < 4.78 is 1.16. The maximum Gasteiger partial charge on any atom is 0.274 e. The number of rotatable bonds is 9. The predicted molar refractivity (Wildman–Crippen MR) is 150 cm³/mol. The van der Waals surface area contributed by atoms with Gasteiger partial charge in [0.25, 0.3) is 17.7 Å². The molecule has 4 heterocycles. The Morgan fingerprint density at radius 1 is 1.14 bits per heavy atom. The number of aryl methyl sites for hydroxylation is 1. The van der Waals surface area contributed by atoms with Gasteiger partial charge in [-0.05, 0) is 31.4 Å². The lowest BCUT2D eigenvalue weighted by molar-refractivity contribution is -0.131. The summed E-state index contributed by atoms with van der Waals surface area (Å²) in [5, 5.41) is 13.5. The minimum absolute atomic E-state index is 0.0406. The molecule has 42 heavy (non-hydrogen) atoms. The summed E-state index contributed by atoms with van der Waals surface area (Å²) >= 11 is 1.29. The van der Waals surface area contributed by atoms with E-state index < -0.39 is 53.4 Å². The number of H-pyrrole nitrogens is 1. The van der Waals surface area contributed by atoms with Gasteiger partial charge in [0.15, 0.2) is 11.4 Å². The first-order valence-electron chi connectivity index (χ1n) is 13.0. The number of para-hydroxylation sites is 1. The van der Waals surface area contributed by atoms with Gasteiger partial charge in [0.05, 0.1) is 11.0 Å². The van der Waals surface area contributed by atoms with Crippen molar-refractivity contribution in [2.75, 3.05) is 6.54 Å². The van der Waals surface area contributed by atoms with Crippen molar-refractivity contribution in [2.45, 2.75) is 44.3 Å². The third-order valence-corrected chi connectivity index (χ3v) is 8.02. The van der Waals surface area contributed by atoms with E-state index in [0.717, 1.165) is 21.1 Å². The molecule has 1 aliphatic heterocycles. The molecule has 3 aromatic heterocycles. The molecule has 0 aliphatic carbocycles. The maximum absolute atomic E-state index is 13.8. The number of nitrogens with zero attached hydrogens (tertiary/aromatic N) is 5. The fourth-order valence-corrected chi connectivity index (χ4v) is 5.81. The number of piperidine rings is 1. The Kier molecular flexibility index (Phi) is 7.71. The highest BCUT2D eigenvalue weighted by Gasteiger charge is 2.41. The van der Waals surface area contributed by atoms with Crippen LogP contribution in [0.4, 0.5) is 0 Å². The van der Waals surface area contributed by atoms with Gasteiger partial charge in [-0.3, -0.25) is 24.0 Å². The van der Waals surface area contributed by atoms with Crippen LogP contribution in [0, 0.1) is 6.92 Å². The van der Waals surface area contributed by atoms with Gasteiger partial charge in [-0.25, -0.2) is 9.67 Å². The fraction of sp³-hybridized carbons (Fsp3) is 0.308. The van der Waals surface area contributed by atoms with Crippen LogP contribution in [0.2, 0.25) is 0 Å². The molecule has 0 spiro atoms. The average Bonchev–Trinajstić information content (AvgIpc) is 3.70. The van der Waals surface area contributed by atoms with Crippen molar-refractivity contribution in [3.63, 3.8) is 0 Å². The smallest absolute Gasteiger partial charge is 0.274 e. The van der Waals surface area contributed by atoms with Gasteiger partial charge >= 0.3 is 0 Å². The van der Waals surface area contributed by atoms with E-state index in [0.29, 0.717) is 5.01 Å². The quantitative estimate of drug-likeness (QED) is 0.174. The van der Waals surface area contributed by atoms with E-state index in [4.69, 9.17) is 17.2 Å². The third kappa shape index (κ3) is 5.43. The van der Waals surface area contributed by atoms with E-state index in [9.17, 15) is 24.0 Å². The van der Waals surface area contributed by atoms with Crippen LogP contribution < -0.4 is 22.5 Å². The molecule has 0 saturated carbocycles. The lowest BCUT2D eigenvalue weighted by atomic mass is 9.95. The van der Waals surface area contributed by atoms with Gasteiger partial charge < -0.3 is 32.4 Å². The number of nitrogens with two attached hydrogens (primary N) is 3. The van der Waals surface area contributed by atoms with Crippen molar-refractivity contribution >= 4 is 51.8 Å². The molecule has 8 N–H and O–H groups in total. The number of hydrogen-bond acceptors (Lipinski definition) is 9. The van der Waals surface area contributed by atoms with Gasteiger partial charge in [0.1, 0.15) is 17.8 Å². The Balaban J connectivity index is 1.45. The number of fused-ring (bicyclic) bond motifs is 1. The van der Waals surface area contributed by atoms with Crippen LogP contribution in [-0.4, -0.2) is 78.0 Å². The number of carbonyl (C=O) groups is 5. The Bertz CT molecular complexity index is 1710. The molecule has 1 fully saturated rings. The van der Waals surface area contributed by atoms with Crippen LogP contribution in [0.1, 0.15) is 60.9 Å². The van der Waals surface area contributed by atoms with E-state index in [1.54, 1.807) is 18.5 Å². The predicted octanol–water partition coefficient (Wildman–Crippen LogP) is -0.219. The monoisotopic (exact) mass is 592 g/mol. The number of nitrogens with one attached hydrogen (secondary N) is 2. The van der Waals surface area contributed by atoms with E-state index in [1.807, 2.05) is 24.3 Å². The maximum atomic E-state index is 13.8. The summed E-state index contributed by atoms with van der Waals surface area (Å²) in [6.07, 6.45) is 2.06. The van der Waals surface area contributed by atoms with E-state index in [1.165, 1.54) is 16.2 Å². The molecule has 1 aliphatic rings. The van der Waals surface area contributed by atoms with Gasteiger partial charge in [0.2, 0.25) is 11.8 Å². The average molecular weight is 593 g/mol. The van der Waals surface area contributed by atoms with Crippen LogP contribution in [0.3, 0.4) is 0 Å².